The summed E-state index contributed by atoms with van der Waals surface area (Å²) in [5, 5.41) is 0. The van der Waals surface area contributed by atoms with Crippen LogP contribution in [0.4, 0.5) is 0 Å². The molecule has 0 saturated heterocycles. The number of hydrogen-bond acceptors (Lipinski definition) is 4. The average molecular weight is 251 g/mol. The van der Waals surface area contributed by atoms with E-state index in [9.17, 15) is 8.42 Å². The smallest absolute Gasteiger partial charge is 0.296 e. The molecule has 0 amide bonds. The first-order valence-corrected chi connectivity index (χ1v) is 6.24. The van der Waals surface area contributed by atoms with Crippen molar-refractivity contribution in [2.45, 2.75) is 13.3 Å². The first-order valence-electron chi connectivity index (χ1n) is 4.88. The van der Waals surface area contributed by atoms with E-state index in [0.29, 0.717) is 0 Å². The van der Waals surface area contributed by atoms with Gasteiger partial charge in [0.1, 0.15) is 0 Å². The van der Waals surface area contributed by atoms with Crippen molar-refractivity contribution in [2.24, 2.45) is 0 Å². The van der Waals surface area contributed by atoms with Gasteiger partial charge in [0.2, 0.25) is 0 Å². The topological polar surface area (TPSA) is 66.8 Å². The Balaban J connectivity index is 0. The number of rotatable bonds is 7. The minimum absolute atomic E-state index is 0.870. The largest absolute Gasteiger partial charge is 0.397 e. The van der Waals surface area contributed by atoms with Crippen LogP contribution in [-0.2, 0) is 14.6 Å². The Labute approximate surface area is 98.4 Å². The van der Waals surface area contributed by atoms with Gasteiger partial charge in [-0.2, -0.15) is 8.42 Å². The highest BCUT2D eigenvalue weighted by molar-refractivity contribution is 7.80. The fourth-order valence-electron chi connectivity index (χ4n) is 0.938. The summed E-state index contributed by atoms with van der Waals surface area (Å²) in [6.45, 7) is 12.6. The fraction of sp³-hybridized carbons (Fsp3) is 0.600. The van der Waals surface area contributed by atoms with E-state index in [4.69, 9.17) is 4.55 Å². The third-order valence-corrected chi connectivity index (χ3v) is 1.95. The van der Waals surface area contributed by atoms with Crippen LogP contribution in [0.15, 0.2) is 25.3 Å². The Bertz CT molecular complexity index is 265. The highest BCUT2D eigenvalue weighted by atomic mass is 32.3. The van der Waals surface area contributed by atoms with E-state index in [0.717, 1.165) is 26.7 Å². The molecule has 0 aromatic heterocycles. The van der Waals surface area contributed by atoms with Gasteiger partial charge in [0, 0.05) is 13.1 Å². The van der Waals surface area contributed by atoms with Gasteiger partial charge in [-0.25, -0.2) is 0 Å². The summed E-state index contributed by atoms with van der Waals surface area (Å²) < 4.78 is 29.7. The highest BCUT2D eigenvalue weighted by Gasteiger charge is 1.95. The standard InChI is InChI=1S/C9H17N.CH4O4S/c1-4-7-10(8-5-2)9-6-3;1-5-6(2,3)4/h4-5H,1-2,6-9H2,3H3;1H3,(H,2,3,4). The SMILES string of the molecule is C=CCN(CC=C)CCC.COS(=O)(=O)O. The molecule has 0 atom stereocenters. The van der Waals surface area contributed by atoms with E-state index in [2.05, 4.69) is 29.2 Å². The van der Waals surface area contributed by atoms with E-state index in [-0.39, 0.29) is 0 Å². The van der Waals surface area contributed by atoms with Gasteiger partial charge in [0.05, 0.1) is 7.11 Å². The van der Waals surface area contributed by atoms with Crippen LogP contribution in [0.3, 0.4) is 0 Å². The molecule has 0 saturated carbocycles. The minimum Gasteiger partial charge on any atom is -0.296 e. The molecular formula is C10H21NO4S. The Morgan fingerprint density at radius 3 is 1.88 bits per heavy atom. The maximum Gasteiger partial charge on any atom is 0.397 e. The minimum atomic E-state index is -4.16. The Hall–Kier alpha value is -0.690. The van der Waals surface area contributed by atoms with Crippen molar-refractivity contribution in [1.82, 2.24) is 4.90 Å². The molecule has 0 heterocycles. The van der Waals surface area contributed by atoms with Crippen LogP contribution >= 0.6 is 0 Å². The van der Waals surface area contributed by atoms with Gasteiger partial charge in [-0.15, -0.1) is 13.2 Å². The highest BCUT2D eigenvalue weighted by Crippen LogP contribution is 1.90. The maximum absolute atomic E-state index is 9.33. The second kappa shape index (κ2) is 10.8. The van der Waals surface area contributed by atoms with Crippen LogP contribution < -0.4 is 0 Å². The normalized spacial score (nSPS) is 10.5. The summed E-state index contributed by atoms with van der Waals surface area (Å²) in [6.07, 6.45) is 5.06. The Morgan fingerprint density at radius 1 is 1.31 bits per heavy atom. The molecular weight excluding hydrogens is 230 g/mol. The lowest BCUT2D eigenvalue weighted by atomic mass is 10.4. The van der Waals surface area contributed by atoms with Gasteiger partial charge < -0.3 is 0 Å². The quantitative estimate of drug-likeness (QED) is 0.548. The molecule has 0 spiro atoms. The monoisotopic (exact) mass is 251 g/mol. The fourth-order valence-corrected chi connectivity index (χ4v) is 0.938. The number of hydrogen-bond donors (Lipinski definition) is 1. The summed E-state index contributed by atoms with van der Waals surface area (Å²) in [5.41, 5.74) is 0. The number of nitrogens with zero attached hydrogens (tertiary/aromatic N) is 1. The van der Waals surface area contributed by atoms with Crippen molar-refractivity contribution in [3.05, 3.63) is 25.3 Å². The second-order valence-electron chi connectivity index (χ2n) is 2.93. The zero-order valence-electron chi connectivity index (χ0n) is 9.92. The summed E-state index contributed by atoms with van der Waals surface area (Å²) in [4.78, 5) is 2.31. The molecule has 1 N–H and O–H groups in total. The maximum atomic E-state index is 9.33. The lowest BCUT2D eigenvalue weighted by Gasteiger charge is -2.16. The van der Waals surface area contributed by atoms with E-state index in [1.165, 1.54) is 6.42 Å². The van der Waals surface area contributed by atoms with Crippen molar-refractivity contribution >= 4 is 10.4 Å². The van der Waals surface area contributed by atoms with Gasteiger partial charge in [0.15, 0.2) is 0 Å². The zero-order valence-corrected chi connectivity index (χ0v) is 10.7. The van der Waals surface area contributed by atoms with Crippen LogP contribution in [0.1, 0.15) is 13.3 Å². The molecule has 6 heteroatoms. The summed E-state index contributed by atoms with van der Waals surface area (Å²) in [6, 6.07) is 0. The molecule has 0 aromatic rings. The van der Waals surface area contributed by atoms with E-state index in [1.807, 2.05) is 12.2 Å². The van der Waals surface area contributed by atoms with Crippen molar-refractivity contribution in [1.29, 1.82) is 0 Å². The lowest BCUT2D eigenvalue weighted by molar-refractivity contribution is 0.324. The van der Waals surface area contributed by atoms with Crippen LogP contribution in [-0.4, -0.2) is 44.6 Å². The molecule has 0 aliphatic carbocycles. The third-order valence-electron chi connectivity index (χ3n) is 1.53. The molecule has 96 valence electrons. The lowest BCUT2D eigenvalue weighted by Crippen LogP contribution is -2.24. The molecule has 0 rings (SSSR count). The van der Waals surface area contributed by atoms with Crippen LogP contribution in [0.25, 0.3) is 0 Å². The molecule has 0 fully saturated rings. The molecule has 0 bridgehead atoms. The van der Waals surface area contributed by atoms with Crippen molar-refractivity contribution < 1.29 is 17.2 Å². The summed E-state index contributed by atoms with van der Waals surface area (Å²) in [5.74, 6) is 0. The molecule has 0 aliphatic heterocycles. The zero-order chi connectivity index (χ0) is 13.0. The van der Waals surface area contributed by atoms with Crippen LogP contribution in [0.5, 0.6) is 0 Å². The predicted molar refractivity (Wildman–Crippen MR) is 65.7 cm³/mol. The van der Waals surface area contributed by atoms with Gasteiger partial charge in [-0.3, -0.25) is 13.6 Å². The molecule has 5 nitrogen and oxygen atoms in total. The summed E-state index contributed by atoms with van der Waals surface area (Å²) >= 11 is 0. The van der Waals surface area contributed by atoms with Crippen LogP contribution in [0.2, 0.25) is 0 Å². The van der Waals surface area contributed by atoms with Crippen LogP contribution in [0, 0.1) is 0 Å². The van der Waals surface area contributed by atoms with Gasteiger partial charge in [-0.05, 0) is 13.0 Å². The second-order valence-corrected chi connectivity index (χ2v) is 4.12. The third kappa shape index (κ3) is 15.8. The summed E-state index contributed by atoms with van der Waals surface area (Å²) in [7, 11) is -3.29. The van der Waals surface area contributed by atoms with Gasteiger partial charge in [0.25, 0.3) is 0 Å². The molecule has 0 aromatic carbocycles. The average Bonchev–Trinajstić information content (AvgIpc) is 2.19. The molecule has 0 unspecified atom stereocenters. The molecule has 0 aliphatic rings. The molecule has 0 radical (unpaired) electrons. The Kier molecular flexibility index (Phi) is 12.0. The molecule has 16 heavy (non-hydrogen) atoms. The Morgan fingerprint density at radius 2 is 1.69 bits per heavy atom. The van der Waals surface area contributed by atoms with Crippen molar-refractivity contribution in [2.75, 3.05) is 26.7 Å². The van der Waals surface area contributed by atoms with E-state index >= 15 is 0 Å². The van der Waals surface area contributed by atoms with Crippen molar-refractivity contribution in [3.8, 4) is 0 Å². The first kappa shape index (κ1) is 17.7. The predicted octanol–water partition coefficient (Wildman–Crippen LogP) is 1.51. The van der Waals surface area contributed by atoms with Gasteiger partial charge in [-0.1, -0.05) is 19.1 Å². The van der Waals surface area contributed by atoms with Crippen molar-refractivity contribution in [3.63, 3.8) is 0 Å². The van der Waals surface area contributed by atoms with E-state index < -0.39 is 10.4 Å². The van der Waals surface area contributed by atoms with Gasteiger partial charge >= 0.3 is 10.4 Å². The van der Waals surface area contributed by atoms with E-state index in [1.54, 1.807) is 0 Å². The first-order chi connectivity index (χ1) is 7.41.